The van der Waals surface area contributed by atoms with Crippen LogP contribution in [0.4, 0.5) is 0 Å². The van der Waals surface area contributed by atoms with E-state index in [1.54, 1.807) is 30.3 Å². The molecule has 1 fully saturated rings. The van der Waals surface area contributed by atoms with Crippen LogP contribution < -0.4 is 10.9 Å². The van der Waals surface area contributed by atoms with E-state index >= 15 is 0 Å². The molecule has 0 unspecified atom stereocenters. The molecule has 1 aromatic carbocycles. The van der Waals surface area contributed by atoms with Crippen LogP contribution in [0.15, 0.2) is 30.3 Å². The van der Waals surface area contributed by atoms with Crippen LogP contribution in [0.5, 0.6) is 0 Å². The lowest BCUT2D eigenvalue weighted by Crippen LogP contribution is -2.47. The fraction of sp³-hybridized carbons (Fsp3) is 0.250. The quantitative estimate of drug-likeness (QED) is 0.566. The molecular formula is C12H13N3O3. The number of benzene rings is 1. The van der Waals surface area contributed by atoms with E-state index in [1.165, 1.54) is 7.05 Å². The first-order chi connectivity index (χ1) is 8.59. The zero-order valence-electron chi connectivity index (χ0n) is 9.84. The Labute approximate surface area is 104 Å². The summed E-state index contributed by atoms with van der Waals surface area (Å²) >= 11 is 0. The van der Waals surface area contributed by atoms with Gasteiger partial charge in [0, 0.05) is 12.6 Å². The van der Waals surface area contributed by atoms with Crippen molar-refractivity contribution in [1.82, 2.24) is 15.8 Å². The normalized spacial score (nSPS) is 19.2. The summed E-state index contributed by atoms with van der Waals surface area (Å²) < 4.78 is 0. The molecule has 94 valence electrons. The maximum atomic E-state index is 11.7. The molecule has 18 heavy (non-hydrogen) atoms. The smallest absolute Gasteiger partial charge is 0.265 e. The van der Waals surface area contributed by atoms with Crippen LogP contribution >= 0.6 is 0 Å². The monoisotopic (exact) mass is 247 g/mol. The minimum absolute atomic E-state index is 0.0599. The number of hydrazine groups is 1. The SMILES string of the molecule is CN1C(=O)C[C@H](NNC(=O)c2ccccc2)C1=O. The molecule has 2 N–H and O–H groups in total. The number of likely N-dealkylation sites (tertiary alicyclic amines) is 1. The summed E-state index contributed by atoms with van der Waals surface area (Å²) in [6.07, 6.45) is 0.0599. The number of carbonyl (C=O) groups excluding carboxylic acids is 3. The average molecular weight is 247 g/mol. The highest BCUT2D eigenvalue weighted by Gasteiger charge is 2.36. The van der Waals surface area contributed by atoms with Crippen LogP contribution in [0, 0.1) is 0 Å². The van der Waals surface area contributed by atoms with Crippen molar-refractivity contribution in [3.8, 4) is 0 Å². The van der Waals surface area contributed by atoms with Gasteiger partial charge in [0.1, 0.15) is 6.04 Å². The lowest BCUT2D eigenvalue weighted by atomic mass is 10.2. The number of hydrogen-bond donors (Lipinski definition) is 2. The highest BCUT2D eigenvalue weighted by atomic mass is 16.2. The third kappa shape index (κ3) is 2.38. The molecule has 0 aliphatic carbocycles. The number of amides is 3. The van der Waals surface area contributed by atoms with E-state index in [0.29, 0.717) is 5.56 Å². The standard InChI is InChI=1S/C12H13N3O3/c1-15-10(16)7-9(12(15)18)13-14-11(17)8-5-3-2-4-6-8/h2-6,9,13H,7H2,1H3,(H,14,17)/t9-/m0/s1. The minimum Gasteiger partial charge on any atom is -0.287 e. The molecule has 1 aromatic rings. The van der Waals surface area contributed by atoms with Crippen LogP contribution in [0.1, 0.15) is 16.8 Å². The van der Waals surface area contributed by atoms with Gasteiger partial charge in [-0.25, -0.2) is 5.43 Å². The second-order valence-electron chi connectivity index (χ2n) is 4.01. The van der Waals surface area contributed by atoms with Crippen molar-refractivity contribution in [3.05, 3.63) is 35.9 Å². The number of hydrogen-bond acceptors (Lipinski definition) is 4. The van der Waals surface area contributed by atoms with Crippen LogP contribution in [0.3, 0.4) is 0 Å². The summed E-state index contributed by atoms with van der Waals surface area (Å²) in [6.45, 7) is 0. The van der Waals surface area contributed by atoms with Gasteiger partial charge in [0.15, 0.2) is 0 Å². The first-order valence-electron chi connectivity index (χ1n) is 5.51. The number of likely N-dealkylation sites (N-methyl/N-ethyl adjacent to an activating group) is 1. The Kier molecular flexibility index (Phi) is 3.38. The highest BCUT2D eigenvalue weighted by Crippen LogP contribution is 2.09. The van der Waals surface area contributed by atoms with Crippen molar-refractivity contribution in [2.75, 3.05) is 7.05 Å². The Balaban J connectivity index is 1.91. The van der Waals surface area contributed by atoms with Gasteiger partial charge in [0.25, 0.3) is 5.91 Å². The van der Waals surface area contributed by atoms with Crippen molar-refractivity contribution in [2.24, 2.45) is 0 Å². The predicted octanol–water partition coefficient (Wildman–Crippen LogP) is -0.322. The van der Waals surface area contributed by atoms with Crippen LogP contribution in [-0.2, 0) is 9.59 Å². The van der Waals surface area contributed by atoms with Crippen molar-refractivity contribution >= 4 is 17.7 Å². The van der Waals surface area contributed by atoms with E-state index in [1.807, 2.05) is 0 Å². The fourth-order valence-electron chi connectivity index (χ4n) is 1.68. The van der Waals surface area contributed by atoms with Gasteiger partial charge in [-0.1, -0.05) is 18.2 Å². The number of carbonyl (C=O) groups is 3. The van der Waals surface area contributed by atoms with Gasteiger partial charge >= 0.3 is 0 Å². The lowest BCUT2D eigenvalue weighted by Gasteiger charge is -2.12. The van der Waals surface area contributed by atoms with E-state index in [9.17, 15) is 14.4 Å². The largest absolute Gasteiger partial charge is 0.287 e. The molecule has 3 amide bonds. The fourth-order valence-corrected chi connectivity index (χ4v) is 1.68. The Morgan fingerprint density at radius 3 is 2.50 bits per heavy atom. The Morgan fingerprint density at radius 2 is 1.94 bits per heavy atom. The summed E-state index contributed by atoms with van der Waals surface area (Å²) in [7, 11) is 1.42. The van der Waals surface area contributed by atoms with Gasteiger partial charge in [-0.3, -0.25) is 24.7 Å². The molecule has 0 radical (unpaired) electrons. The number of imide groups is 1. The first-order valence-corrected chi connectivity index (χ1v) is 5.51. The maximum Gasteiger partial charge on any atom is 0.265 e. The van der Waals surface area contributed by atoms with Gasteiger partial charge in [-0.05, 0) is 12.1 Å². The predicted molar refractivity (Wildman–Crippen MR) is 63.2 cm³/mol. The second-order valence-corrected chi connectivity index (χ2v) is 4.01. The van der Waals surface area contributed by atoms with E-state index in [0.717, 1.165) is 4.90 Å². The summed E-state index contributed by atoms with van der Waals surface area (Å²) in [5, 5.41) is 0. The van der Waals surface area contributed by atoms with E-state index in [4.69, 9.17) is 0 Å². The maximum absolute atomic E-state index is 11.7. The summed E-state index contributed by atoms with van der Waals surface area (Å²) in [4.78, 5) is 35.6. The molecule has 1 heterocycles. The molecule has 0 spiro atoms. The highest BCUT2D eigenvalue weighted by molar-refractivity contribution is 6.05. The van der Waals surface area contributed by atoms with Gasteiger partial charge in [0.2, 0.25) is 11.8 Å². The van der Waals surface area contributed by atoms with Gasteiger partial charge in [0.05, 0.1) is 6.42 Å². The minimum atomic E-state index is -0.685. The zero-order valence-corrected chi connectivity index (χ0v) is 9.84. The molecule has 0 aromatic heterocycles. The molecule has 1 saturated heterocycles. The summed E-state index contributed by atoms with van der Waals surface area (Å²) in [5.74, 6) is -0.940. The molecular weight excluding hydrogens is 234 g/mol. The number of rotatable bonds is 3. The molecule has 1 aliphatic heterocycles. The van der Waals surface area contributed by atoms with Crippen LogP contribution in [0.25, 0.3) is 0 Å². The number of nitrogens with zero attached hydrogens (tertiary/aromatic N) is 1. The van der Waals surface area contributed by atoms with Gasteiger partial charge in [-0.2, -0.15) is 0 Å². The van der Waals surface area contributed by atoms with E-state index in [2.05, 4.69) is 10.9 Å². The van der Waals surface area contributed by atoms with Crippen molar-refractivity contribution in [3.63, 3.8) is 0 Å². The van der Waals surface area contributed by atoms with Crippen LogP contribution in [0.2, 0.25) is 0 Å². The van der Waals surface area contributed by atoms with Gasteiger partial charge < -0.3 is 0 Å². The van der Waals surface area contributed by atoms with E-state index in [-0.39, 0.29) is 24.1 Å². The molecule has 2 rings (SSSR count). The molecule has 0 bridgehead atoms. The average Bonchev–Trinajstić information content (AvgIpc) is 2.64. The Bertz CT molecular complexity index is 487. The van der Waals surface area contributed by atoms with E-state index < -0.39 is 6.04 Å². The topological polar surface area (TPSA) is 78.5 Å². The third-order valence-corrected chi connectivity index (χ3v) is 2.78. The number of nitrogens with one attached hydrogen (secondary N) is 2. The van der Waals surface area contributed by atoms with Crippen molar-refractivity contribution in [1.29, 1.82) is 0 Å². The lowest BCUT2D eigenvalue weighted by molar-refractivity contribution is -0.137. The molecule has 1 aliphatic rings. The summed E-state index contributed by atoms with van der Waals surface area (Å²) in [5.41, 5.74) is 5.48. The van der Waals surface area contributed by atoms with Crippen LogP contribution in [-0.4, -0.2) is 35.7 Å². The van der Waals surface area contributed by atoms with Crippen molar-refractivity contribution in [2.45, 2.75) is 12.5 Å². The Hall–Kier alpha value is -2.21. The first kappa shape index (κ1) is 12.3. The molecule has 6 nitrogen and oxygen atoms in total. The van der Waals surface area contributed by atoms with Crippen molar-refractivity contribution < 1.29 is 14.4 Å². The summed E-state index contributed by atoms with van der Waals surface area (Å²) in [6, 6.07) is 7.92. The third-order valence-electron chi connectivity index (χ3n) is 2.78. The molecule has 6 heteroatoms. The van der Waals surface area contributed by atoms with Gasteiger partial charge in [-0.15, -0.1) is 0 Å². The molecule has 0 saturated carbocycles. The molecule has 1 atom stereocenters. The zero-order chi connectivity index (χ0) is 13.1. The second kappa shape index (κ2) is 4.97. The Morgan fingerprint density at radius 1 is 1.28 bits per heavy atom.